The van der Waals surface area contributed by atoms with Gasteiger partial charge in [-0.3, -0.25) is 0 Å². The van der Waals surface area contributed by atoms with Gasteiger partial charge < -0.3 is 5.11 Å². The van der Waals surface area contributed by atoms with E-state index in [0.29, 0.717) is 12.0 Å². The molecule has 1 aromatic rings. The summed E-state index contributed by atoms with van der Waals surface area (Å²) in [5, 5.41) is 18.7. The van der Waals surface area contributed by atoms with Crippen LogP contribution in [-0.2, 0) is 0 Å². The van der Waals surface area contributed by atoms with E-state index in [2.05, 4.69) is 0 Å². The number of aryl methyl sites for hydroxylation is 1. The average Bonchev–Trinajstić information content (AvgIpc) is 2.23. The molecule has 0 fully saturated rings. The minimum absolute atomic E-state index is 0.387. The van der Waals surface area contributed by atoms with Crippen molar-refractivity contribution < 1.29 is 9.50 Å². The van der Waals surface area contributed by atoms with Gasteiger partial charge in [0.2, 0.25) is 0 Å². The van der Waals surface area contributed by atoms with Crippen LogP contribution in [0.5, 0.6) is 0 Å². The Hall–Kier alpha value is -1.40. The first kappa shape index (κ1) is 11.7. The number of aliphatic hydroxyl groups is 1. The summed E-state index contributed by atoms with van der Waals surface area (Å²) in [6.07, 6.45) is -0.358. The predicted octanol–water partition coefficient (Wildman–Crippen LogP) is 2.72. The van der Waals surface area contributed by atoms with Gasteiger partial charge in [0.1, 0.15) is 5.82 Å². The zero-order valence-electron chi connectivity index (χ0n) is 8.87. The number of nitrogens with zero attached hydrogens (tertiary/aromatic N) is 1. The third kappa shape index (κ3) is 2.54. The predicted molar refractivity (Wildman–Crippen MR) is 55.5 cm³/mol. The van der Waals surface area contributed by atoms with Gasteiger partial charge in [-0.15, -0.1) is 0 Å². The maximum Gasteiger partial charge on any atom is 0.123 e. The van der Waals surface area contributed by atoms with E-state index in [1.54, 1.807) is 13.0 Å². The quantitative estimate of drug-likeness (QED) is 0.828. The molecule has 2 nitrogen and oxygen atoms in total. The lowest BCUT2D eigenvalue weighted by atomic mass is 9.92. The number of hydrogen-bond donors (Lipinski definition) is 1. The van der Waals surface area contributed by atoms with Gasteiger partial charge in [-0.05, 0) is 36.6 Å². The van der Waals surface area contributed by atoms with Gasteiger partial charge in [0.15, 0.2) is 0 Å². The SMILES string of the molecule is CCC(C#N)C(O)c1cc(F)ccc1C. The molecular formula is C12H14FNO. The maximum atomic E-state index is 13.0. The Bertz CT molecular complexity index is 384. The van der Waals surface area contributed by atoms with Crippen LogP contribution >= 0.6 is 0 Å². The van der Waals surface area contributed by atoms with E-state index in [1.165, 1.54) is 12.1 Å². The molecule has 2 atom stereocenters. The van der Waals surface area contributed by atoms with E-state index < -0.39 is 12.0 Å². The van der Waals surface area contributed by atoms with Crippen molar-refractivity contribution in [1.82, 2.24) is 0 Å². The van der Waals surface area contributed by atoms with Crippen LogP contribution in [0.4, 0.5) is 4.39 Å². The molecule has 15 heavy (non-hydrogen) atoms. The van der Waals surface area contributed by atoms with Gasteiger partial charge in [-0.1, -0.05) is 13.0 Å². The highest BCUT2D eigenvalue weighted by Crippen LogP contribution is 2.27. The second kappa shape index (κ2) is 4.90. The summed E-state index contributed by atoms with van der Waals surface area (Å²) in [4.78, 5) is 0. The smallest absolute Gasteiger partial charge is 0.123 e. The molecule has 0 aliphatic rings. The van der Waals surface area contributed by atoms with Crippen LogP contribution in [0.1, 0.15) is 30.6 Å². The van der Waals surface area contributed by atoms with E-state index in [4.69, 9.17) is 5.26 Å². The summed E-state index contributed by atoms with van der Waals surface area (Å²) in [6, 6.07) is 6.27. The molecule has 1 aromatic carbocycles. The monoisotopic (exact) mass is 207 g/mol. The molecule has 1 rings (SSSR count). The molecule has 0 saturated heterocycles. The Morgan fingerprint density at radius 2 is 2.20 bits per heavy atom. The molecule has 0 saturated carbocycles. The fourth-order valence-electron chi connectivity index (χ4n) is 1.53. The molecule has 2 unspecified atom stereocenters. The third-order valence-electron chi connectivity index (χ3n) is 2.55. The van der Waals surface area contributed by atoms with E-state index >= 15 is 0 Å². The molecule has 3 heteroatoms. The molecule has 1 N–H and O–H groups in total. The van der Waals surface area contributed by atoms with Crippen molar-refractivity contribution >= 4 is 0 Å². The Kier molecular flexibility index (Phi) is 3.81. The van der Waals surface area contributed by atoms with Crippen molar-refractivity contribution in [2.75, 3.05) is 0 Å². The fourth-order valence-corrected chi connectivity index (χ4v) is 1.53. The van der Waals surface area contributed by atoms with Gasteiger partial charge in [-0.2, -0.15) is 5.26 Å². The Morgan fingerprint density at radius 3 is 2.73 bits per heavy atom. The summed E-state index contributed by atoms with van der Waals surface area (Å²) in [7, 11) is 0. The molecule has 0 aliphatic heterocycles. The lowest BCUT2D eigenvalue weighted by Gasteiger charge is -2.17. The van der Waals surface area contributed by atoms with Gasteiger partial charge in [0.05, 0.1) is 18.1 Å². The third-order valence-corrected chi connectivity index (χ3v) is 2.55. The molecule has 80 valence electrons. The zero-order valence-corrected chi connectivity index (χ0v) is 8.87. The second-order valence-electron chi connectivity index (χ2n) is 3.59. The topological polar surface area (TPSA) is 44.0 Å². The van der Waals surface area contributed by atoms with Gasteiger partial charge >= 0.3 is 0 Å². The van der Waals surface area contributed by atoms with E-state index in [-0.39, 0.29) is 5.82 Å². The highest BCUT2D eigenvalue weighted by molar-refractivity contribution is 5.29. The lowest BCUT2D eigenvalue weighted by Crippen LogP contribution is -2.11. The van der Waals surface area contributed by atoms with Gasteiger partial charge in [-0.25, -0.2) is 4.39 Å². The molecule has 0 bridgehead atoms. The summed E-state index contributed by atoms with van der Waals surface area (Å²) in [5.41, 5.74) is 1.31. The normalized spacial score (nSPS) is 14.3. The molecule has 0 amide bonds. The number of halogens is 1. The summed E-state index contributed by atoms with van der Waals surface area (Å²) in [6.45, 7) is 3.62. The fraction of sp³-hybridized carbons (Fsp3) is 0.417. The summed E-state index contributed by atoms with van der Waals surface area (Å²) in [5.74, 6) is -0.868. The largest absolute Gasteiger partial charge is 0.387 e. The molecule has 0 heterocycles. The molecular weight excluding hydrogens is 193 g/mol. The van der Waals surface area contributed by atoms with Crippen LogP contribution in [0.25, 0.3) is 0 Å². The van der Waals surface area contributed by atoms with E-state index in [0.717, 1.165) is 5.56 Å². The van der Waals surface area contributed by atoms with Crippen molar-refractivity contribution in [3.05, 3.63) is 35.1 Å². The van der Waals surface area contributed by atoms with E-state index in [9.17, 15) is 9.50 Å². The van der Waals surface area contributed by atoms with Crippen LogP contribution in [0.15, 0.2) is 18.2 Å². The van der Waals surface area contributed by atoms with Crippen LogP contribution in [0.3, 0.4) is 0 Å². The molecule has 0 spiro atoms. The molecule has 0 aliphatic carbocycles. The Balaban J connectivity index is 3.05. The number of hydrogen-bond acceptors (Lipinski definition) is 2. The standard InChI is InChI=1S/C12H14FNO/c1-3-9(7-14)12(15)11-6-10(13)5-4-8(11)2/h4-6,9,12,15H,3H2,1-2H3. The maximum absolute atomic E-state index is 13.0. The first-order chi connectivity index (χ1) is 7.10. The highest BCUT2D eigenvalue weighted by Gasteiger charge is 2.20. The molecule has 0 radical (unpaired) electrons. The number of benzene rings is 1. The highest BCUT2D eigenvalue weighted by atomic mass is 19.1. The van der Waals surface area contributed by atoms with Gasteiger partial charge in [0, 0.05) is 0 Å². The zero-order chi connectivity index (χ0) is 11.4. The van der Waals surface area contributed by atoms with Crippen LogP contribution in [0, 0.1) is 30.0 Å². The van der Waals surface area contributed by atoms with E-state index in [1.807, 2.05) is 13.0 Å². The number of rotatable bonds is 3. The minimum Gasteiger partial charge on any atom is -0.387 e. The summed E-state index contributed by atoms with van der Waals surface area (Å²) >= 11 is 0. The number of aliphatic hydroxyl groups excluding tert-OH is 1. The van der Waals surface area contributed by atoms with Crippen molar-refractivity contribution in [1.29, 1.82) is 5.26 Å². The first-order valence-electron chi connectivity index (χ1n) is 4.93. The molecule has 0 aromatic heterocycles. The van der Waals surface area contributed by atoms with Crippen molar-refractivity contribution in [2.24, 2.45) is 5.92 Å². The lowest BCUT2D eigenvalue weighted by molar-refractivity contribution is 0.132. The van der Waals surface area contributed by atoms with Crippen LogP contribution < -0.4 is 0 Å². The second-order valence-corrected chi connectivity index (χ2v) is 3.59. The van der Waals surface area contributed by atoms with Crippen LogP contribution in [-0.4, -0.2) is 5.11 Å². The Labute approximate surface area is 89.0 Å². The average molecular weight is 207 g/mol. The number of nitriles is 1. The summed E-state index contributed by atoms with van der Waals surface area (Å²) < 4.78 is 13.0. The van der Waals surface area contributed by atoms with Gasteiger partial charge in [0.25, 0.3) is 0 Å². The Morgan fingerprint density at radius 1 is 1.53 bits per heavy atom. The van der Waals surface area contributed by atoms with Crippen LogP contribution in [0.2, 0.25) is 0 Å². The van der Waals surface area contributed by atoms with Crippen molar-refractivity contribution in [3.63, 3.8) is 0 Å². The minimum atomic E-state index is -0.907. The van der Waals surface area contributed by atoms with Crippen molar-refractivity contribution in [3.8, 4) is 6.07 Å². The van der Waals surface area contributed by atoms with Crippen molar-refractivity contribution in [2.45, 2.75) is 26.4 Å². The first-order valence-corrected chi connectivity index (χ1v) is 4.93.